The highest BCUT2D eigenvalue weighted by Crippen LogP contribution is 2.66. The van der Waals surface area contributed by atoms with Crippen molar-refractivity contribution in [2.45, 2.75) is 70.2 Å². The maximum atomic E-state index is 13.3. The Balaban J connectivity index is 1.30. The third-order valence-electron chi connectivity index (χ3n) is 10.7. The number of nitrogens with zero attached hydrogens (tertiary/aromatic N) is 1. The molecule has 4 aliphatic rings. The number of aromatic nitrogens is 2. The van der Waals surface area contributed by atoms with E-state index >= 15 is 0 Å². The van der Waals surface area contributed by atoms with Gasteiger partial charge in [-0.2, -0.15) is 0 Å². The van der Waals surface area contributed by atoms with Crippen molar-refractivity contribution in [2.24, 2.45) is 41.4 Å². The number of methoxy groups -OCH3 is 1. The van der Waals surface area contributed by atoms with E-state index in [0.717, 1.165) is 11.1 Å². The summed E-state index contributed by atoms with van der Waals surface area (Å²) < 4.78 is 17.3. The summed E-state index contributed by atoms with van der Waals surface area (Å²) in [5.74, 6) is -3.35. The Morgan fingerprint density at radius 1 is 1.23 bits per heavy atom. The average molecular weight is 607 g/mol. The molecule has 2 aromatic heterocycles. The molecule has 44 heavy (non-hydrogen) atoms. The van der Waals surface area contributed by atoms with Crippen molar-refractivity contribution in [3.63, 3.8) is 0 Å². The molecule has 2 saturated carbocycles. The summed E-state index contributed by atoms with van der Waals surface area (Å²) >= 11 is 0. The van der Waals surface area contributed by atoms with Crippen molar-refractivity contribution in [1.29, 1.82) is 0 Å². The van der Waals surface area contributed by atoms with Crippen LogP contribution in [0, 0.1) is 41.4 Å². The number of esters is 2. The molecule has 10 heteroatoms. The highest BCUT2D eigenvalue weighted by Gasteiger charge is 2.71. The number of hydrogen-bond acceptors (Lipinski definition) is 9. The third-order valence-corrected chi connectivity index (χ3v) is 10.7. The molecule has 2 fully saturated rings. The van der Waals surface area contributed by atoms with Crippen LogP contribution < -0.4 is 0 Å². The van der Waals surface area contributed by atoms with E-state index in [1.165, 1.54) is 7.11 Å². The Morgan fingerprint density at radius 2 is 2.00 bits per heavy atom. The molecule has 10 nitrogen and oxygen atoms in total. The lowest BCUT2D eigenvalue weighted by Crippen LogP contribution is -2.65. The van der Waals surface area contributed by atoms with Crippen molar-refractivity contribution in [3.05, 3.63) is 66.3 Å². The fourth-order valence-corrected chi connectivity index (χ4v) is 8.51. The lowest BCUT2D eigenvalue weighted by molar-refractivity contribution is -0.186. The number of cyclic esters (lactones) is 1. The average Bonchev–Trinajstić information content (AvgIpc) is 3.56. The quantitative estimate of drug-likeness (QED) is 0.297. The summed E-state index contributed by atoms with van der Waals surface area (Å²) in [4.78, 5) is 33.6. The minimum atomic E-state index is -1.40. The largest absolute Gasteiger partial charge is 0.457 e. The fourth-order valence-electron chi connectivity index (χ4n) is 8.51. The van der Waals surface area contributed by atoms with E-state index < -0.39 is 59.9 Å². The van der Waals surface area contributed by atoms with E-state index in [0.29, 0.717) is 11.3 Å². The van der Waals surface area contributed by atoms with Gasteiger partial charge in [0.05, 0.1) is 17.8 Å². The van der Waals surface area contributed by atoms with Gasteiger partial charge in [-0.25, -0.2) is 9.59 Å². The standard InChI is InChI=1S/C34H42N2O8/c1-16-11-17(2)34(41)22(13-25(42-5)33(40)43-30(16)19(4)37)8-9-23-26-27(28(23)34)29(38)18(3)31(26)44-32(39)24-12-21(15-36-24)20-7-6-10-35-14-20/h6-12,14-16,18-19,22-23,25-31,36-38,41H,13H2,1-5H3/b17-11+/t16-,18-,19-,22-,23?,25+,26+,27?,28?,29-,30+,31-,34+/m1/s1. The first kappa shape index (κ1) is 30.7. The van der Waals surface area contributed by atoms with E-state index in [2.05, 4.69) is 9.97 Å². The maximum Gasteiger partial charge on any atom is 0.355 e. The van der Waals surface area contributed by atoms with Crippen LogP contribution >= 0.6 is 0 Å². The van der Waals surface area contributed by atoms with E-state index in [4.69, 9.17) is 14.2 Å². The molecule has 3 unspecified atom stereocenters. The number of aliphatic hydroxyl groups is 3. The zero-order valence-corrected chi connectivity index (χ0v) is 25.7. The molecular weight excluding hydrogens is 564 g/mol. The summed E-state index contributed by atoms with van der Waals surface area (Å²) in [6.45, 7) is 7.17. The molecule has 3 aliphatic carbocycles. The van der Waals surface area contributed by atoms with Crippen LogP contribution in [0.15, 0.2) is 60.6 Å². The van der Waals surface area contributed by atoms with Crippen LogP contribution in [0.4, 0.5) is 0 Å². The first-order chi connectivity index (χ1) is 21.0. The smallest absolute Gasteiger partial charge is 0.355 e. The van der Waals surface area contributed by atoms with Crippen molar-refractivity contribution >= 4 is 11.9 Å². The molecule has 4 N–H and O–H groups in total. The van der Waals surface area contributed by atoms with Crippen molar-refractivity contribution in [3.8, 4) is 11.1 Å². The molecule has 0 saturated heterocycles. The number of ether oxygens (including phenoxy) is 3. The van der Waals surface area contributed by atoms with Crippen molar-refractivity contribution in [1.82, 2.24) is 9.97 Å². The van der Waals surface area contributed by atoms with Gasteiger partial charge in [-0.3, -0.25) is 4.98 Å². The molecule has 6 rings (SSSR count). The van der Waals surface area contributed by atoms with E-state index in [-0.39, 0.29) is 36.0 Å². The van der Waals surface area contributed by atoms with Crippen molar-refractivity contribution < 1.29 is 39.1 Å². The molecule has 3 heterocycles. The second-order valence-corrected chi connectivity index (χ2v) is 13.1. The number of carbonyl (C=O) groups excluding carboxylic acids is 2. The molecule has 0 bridgehead atoms. The topological polar surface area (TPSA) is 151 Å². The molecular formula is C34H42N2O8. The zero-order chi connectivity index (χ0) is 31.5. The Hall–Kier alpha value is -3.31. The van der Waals surface area contributed by atoms with Crippen LogP contribution in [0.1, 0.15) is 44.6 Å². The first-order valence-electron chi connectivity index (χ1n) is 15.5. The highest BCUT2D eigenvalue weighted by atomic mass is 16.6. The molecule has 0 radical (unpaired) electrons. The van der Waals surface area contributed by atoms with E-state index in [9.17, 15) is 24.9 Å². The molecule has 1 aliphatic heterocycles. The first-order valence-corrected chi connectivity index (χ1v) is 15.5. The number of H-pyrrole nitrogens is 1. The minimum absolute atomic E-state index is 0.157. The summed E-state index contributed by atoms with van der Waals surface area (Å²) in [5.41, 5.74) is 1.30. The number of pyridine rings is 1. The summed E-state index contributed by atoms with van der Waals surface area (Å²) in [7, 11) is 1.43. The Labute approximate surface area is 257 Å². The number of nitrogens with one attached hydrogen (secondary N) is 1. The second kappa shape index (κ2) is 11.6. The van der Waals surface area contributed by atoms with Gasteiger partial charge < -0.3 is 34.5 Å². The Kier molecular flexibility index (Phi) is 8.07. The van der Waals surface area contributed by atoms with Crippen LogP contribution in [-0.2, 0) is 19.0 Å². The Morgan fingerprint density at radius 3 is 2.68 bits per heavy atom. The molecule has 13 atom stereocenters. The van der Waals surface area contributed by atoms with E-state index in [1.807, 2.05) is 51.1 Å². The van der Waals surface area contributed by atoms with Crippen LogP contribution in [-0.4, -0.2) is 80.5 Å². The van der Waals surface area contributed by atoms with Gasteiger partial charge >= 0.3 is 11.9 Å². The predicted octanol–water partition coefficient (Wildman–Crippen LogP) is 3.30. The molecule has 2 aromatic rings. The zero-order valence-electron chi connectivity index (χ0n) is 25.7. The van der Waals surface area contributed by atoms with Gasteiger partial charge in [0.15, 0.2) is 6.10 Å². The van der Waals surface area contributed by atoms with Crippen LogP contribution in [0.25, 0.3) is 11.1 Å². The van der Waals surface area contributed by atoms with E-state index in [1.54, 1.807) is 31.6 Å². The number of fused-ring (bicyclic) bond motifs is 6. The summed E-state index contributed by atoms with van der Waals surface area (Å²) in [6, 6.07) is 5.47. The van der Waals surface area contributed by atoms with Crippen LogP contribution in [0.2, 0.25) is 0 Å². The molecule has 0 spiro atoms. The molecule has 0 aromatic carbocycles. The second-order valence-electron chi connectivity index (χ2n) is 13.1. The number of aliphatic hydroxyl groups excluding tert-OH is 2. The third kappa shape index (κ3) is 4.83. The fraction of sp³-hybridized carbons (Fsp3) is 0.559. The summed E-state index contributed by atoms with van der Waals surface area (Å²) in [6.07, 6.45) is 7.13. The Bertz CT molecular complexity index is 1450. The molecule has 0 amide bonds. The SMILES string of the molecule is CO[C@H]1C[C@H]2C=CC3C(C4[C@H]3[C@H](OC(=O)c3cc(-c5cccnc5)c[nH]3)[C@H](C)[C@H]4O)[C@]2(O)/C(C)=C/[C@@H](C)[C@@H]([C@@H](C)O)OC1=O. The number of aromatic amines is 1. The maximum absolute atomic E-state index is 13.3. The minimum Gasteiger partial charge on any atom is -0.457 e. The lowest BCUT2D eigenvalue weighted by Gasteiger charge is -2.61. The summed E-state index contributed by atoms with van der Waals surface area (Å²) in [5, 5.41) is 34.7. The van der Waals surface area contributed by atoms with Gasteiger partial charge in [-0.05, 0) is 49.8 Å². The van der Waals surface area contributed by atoms with Gasteiger partial charge in [-0.1, -0.05) is 38.1 Å². The monoisotopic (exact) mass is 606 g/mol. The lowest BCUT2D eigenvalue weighted by atomic mass is 9.46. The van der Waals surface area contributed by atoms with Gasteiger partial charge in [0.1, 0.15) is 17.9 Å². The van der Waals surface area contributed by atoms with Gasteiger partial charge in [-0.15, -0.1) is 0 Å². The van der Waals surface area contributed by atoms with Gasteiger partial charge in [0.2, 0.25) is 0 Å². The number of hydrogen-bond donors (Lipinski definition) is 4. The van der Waals surface area contributed by atoms with Gasteiger partial charge in [0, 0.05) is 66.4 Å². The number of rotatable bonds is 5. The normalized spacial score (nSPS) is 41.6. The van der Waals surface area contributed by atoms with Crippen LogP contribution in [0.5, 0.6) is 0 Å². The van der Waals surface area contributed by atoms with Gasteiger partial charge in [0.25, 0.3) is 0 Å². The highest BCUT2D eigenvalue weighted by molar-refractivity contribution is 5.89. The predicted molar refractivity (Wildman–Crippen MR) is 160 cm³/mol. The van der Waals surface area contributed by atoms with Crippen LogP contribution in [0.3, 0.4) is 0 Å². The number of carbonyl (C=O) groups is 2. The van der Waals surface area contributed by atoms with Crippen molar-refractivity contribution in [2.75, 3.05) is 7.11 Å². The molecule has 236 valence electrons. The number of allylic oxidation sites excluding steroid dienone is 1.